The number of piperidine rings is 1. The summed E-state index contributed by atoms with van der Waals surface area (Å²) in [5.41, 5.74) is 0.153. The van der Waals surface area contributed by atoms with Crippen molar-refractivity contribution in [3.63, 3.8) is 0 Å². The SMILES string of the molecule is CC1(C)CC(=O)CC(C(C)(C)C)N1. The van der Waals surface area contributed by atoms with E-state index in [0.717, 1.165) is 0 Å². The Labute approximate surface area is 81.1 Å². The molecule has 2 heteroatoms. The van der Waals surface area contributed by atoms with Crippen LogP contribution in [-0.2, 0) is 4.79 Å². The zero-order chi connectivity index (χ0) is 10.3. The number of Topliss-reactive ketones (excluding diaryl/α,β-unsaturated/α-hetero) is 1. The van der Waals surface area contributed by atoms with E-state index in [1.165, 1.54) is 0 Å². The van der Waals surface area contributed by atoms with Gasteiger partial charge in [0, 0.05) is 24.4 Å². The number of hydrogen-bond acceptors (Lipinski definition) is 2. The van der Waals surface area contributed by atoms with Crippen molar-refractivity contribution in [3.8, 4) is 0 Å². The lowest BCUT2D eigenvalue weighted by molar-refractivity contribution is -0.124. The van der Waals surface area contributed by atoms with Crippen molar-refractivity contribution in [1.82, 2.24) is 5.32 Å². The molecule has 0 bridgehead atoms. The van der Waals surface area contributed by atoms with Crippen molar-refractivity contribution < 1.29 is 4.79 Å². The van der Waals surface area contributed by atoms with Crippen LogP contribution in [-0.4, -0.2) is 17.4 Å². The summed E-state index contributed by atoms with van der Waals surface area (Å²) >= 11 is 0. The molecule has 1 saturated heterocycles. The molecule has 0 aliphatic carbocycles. The van der Waals surface area contributed by atoms with Crippen LogP contribution in [0.1, 0.15) is 47.5 Å². The molecule has 0 saturated carbocycles. The first-order valence-corrected chi connectivity index (χ1v) is 5.00. The second-order valence-corrected chi connectivity index (χ2v) is 5.87. The maximum absolute atomic E-state index is 11.5. The van der Waals surface area contributed by atoms with Crippen LogP contribution in [0.4, 0.5) is 0 Å². The van der Waals surface area contributed by atoms with Crippen LogP contribution in [0.25, 0.3) is 0 Å². The Bertz CT molecular complexity index is 213. The van der Waals surface area contributed by atoms with Gasteiger partial charge >= 0.3 is 0 Å². The molecule has 1 fully saturated rings. The maximum Gasteiger partial charge on any atom is 0.136 e. The lowest BCUT2D eigenvalue weighted by Crippen LogP contribution is -2.56. The molecule has 0 radical (unpaired) electrons. The molecule has 0 aromatic rings. The Morgan fingerprint density at radius 3 is 2.31 bits per heavy atom. The van der Waals surface area contributed by atoms with E-state index in [2.05, 4.69) is 39.9 Å². The molecule has 1 aliphatic rings. The topological polar surface area (TPSA) is 29.1 Å². The van der Waals surface area contributed by atoms with Crippen LogP contribution in [0.3, 0.4) is 0 Å². The summed E-state index contributed by atoms with van der Waals surface area (Å²) in [5, 5.41) is 3.54. The molecule has 1 atom stereocenters. The summed E-state index contributed by atoms with van der Waals surface area (Å²) in [6.07, 6.45) is 1.35. The Balaban J connectivity index is 2.74. The molecular formula is C11H21NO. The van der Waals surface area contributed by atoms with E-state index in [1.807, 2.05) is 0 Å². The summed E-state index contributed by atoms with van der Waals surface area (Å²) in [4.78, 5) is 11.5. The average Bonchev–Trinajstić information content (AvgIpc) is 1.79. The highest BCUT2D eigenvalue weighted by Crippen LogP contribution is 2.29. The Morgan fingerprint density at radius 2 is 1.92 bits per heavy atom. The number of hydrogen-bond donors (Lipinski definition) is 1. The minimum atomic E-state index is -0.0206. The number of carbonyl (C=O) groups is 1. The fraction of sp³-hybridized carbons (Fsp3) is 0.909. The first kappa shape index (κ1) is 10.7. The van der Waals surface area contributed by atoms with Crippen LogP contribution < -0.4 is 5.32 Å². The smallest absolute Gasteiger partial charge is 0.136 e. The summed E-state index contributed by atoms with van der Waals surface area (Å²) in [5.74, 6) is 0.392. The van der Waals surface area contributed by atoms with Gasteiger partial charge in [-0.05, 0) is 19.3 Å². The van der Waals surface area contributed by atoms with Gasteiger partial charge in [0.2, 0.25) is 0 Å². The van der Waals surface area contributed by atoms with Gasteiger partial charge in [-0.15, -0.1) is 0 Å². The molecule has 0 amide bonds. The fourth-order valence-corrected chi connectivity index (χ4v) is 1.89. The molecule has 0 spiro atoms. The zero-order valence-electron chi connectivity index (χ0n) is 9.40. The average molecular weight is 183 g/mol. The molecule has 1 heterocycles. The molecule has 0 aromatic heterocycles. The van der Waals surface area contributed by atoms with Crippen molar-refractivity contribution in [2.75, 3.05) is 0 Å². The van der Waals surface area contributed by atoms with Crippen LogP contribution in [0.15, 0.2) is 0 Å². The van der Waals surface area contributed by atoms with E-state index in [-0.39, 0.29) is 11.0 Å². The largest absolute Gasteiger partial charge is 0.308 e. The van der Waals surface area contributed by atoms with Gasteiger partial charge in [0.25, 0.3) is 0 Å². The van der Waals surface area contributed by atoms with Gasteiger partial charge in [-0.3, -0.25) is 4.79 Å². The van der Waals surface area contributed by atoms with E-state index < -0.39 is 0 Å². The van der Waals surface area contributed by atoms with E-state index in [1.54, 1.807) is 0 Å². The first-order valence-electron chi connectivity index (χ1n) is 5.00. The van der Waals surface area contributed by atoms with E-state index >= 15 is 0 Å². The standard InChI is InChI=1S/C11H21NO/c1-10(2,3)9-6-8(13)7-11(4,5)12-9/h9,12H,6-7H2,1-5H3. The van der Waals surface area contributed by atoms with Gasteiger partial charge in [0.05, 0.1) is 0 Å². The lowest BCUT2D eigenvalue weighted by atomic mass is 9.77. The van der Waals surface area contributed by atoms with E-state index in [4.69, 9.17) is 0 Å². The minimum Gasteiger partial charge on any atom is -0.308 e. The number of carbonyl (C=O) groups excluding carboxylic acids is 1. The van der Waals surface area contributed by atoms with Crippen molar-refractivity contribution in [1.29, 1.82) is 0 Å². The lowest BCUT2D eigenvalue weighted by Gasteiger charge is -2.42. The van der Waals surface area contributed by atoms with Gasteiger partial charge < -0.3 is 5.32 Å². The van der Waals surface area contributed by atoms with Crippen LogP contribution >= 0.6 is 0 Å². The van der Waals surface area contributed by atoms with Gasteiger partial charge in [0.15, 0.2) is 0 Å². The Kier molecular flexibility index (Phi) is 2.54. The van der Waals surface area contributed by atoms with Crippen molar-refractivity contribution in [2.24, 2.45) is 5.41 Å². The highest BCUT2D eigenvalue weighted by atomic mass is 16.1. The van der Waals surface area contributed by atoms with Crippen LogP contribution in [0, 0.1) is 5.41 Å². The monoisotopic (exact) mass is 183 g/mol. The van der Waals surface area contributed by atoms with Crippen molar-refractivity contribution in [2.45, 2.75) is 59.0 Å². The first-order chi connectivity index (χ1) is 5.71. The highest BCUT2D eigenvalue weighted by Gasteiger charge is 2.37. The third-order valence-electron chi connectivity index (χ3n) is 2.68. The number of nitrogens with one attached hydrogen (secondary N) is 1. The molecular weight excluding hydrogens is 162 g/mol. The maximum atomic E-state index is 11.5. The minimum absolute atomic E-state index is 0.0206. The second kappa shape index (κ2) is 3.09. The normalized spacial score (nSPS) is 29.0. The van der Waals surface area contributed by atoms with Gasteiger partial charge in [-0.2, -0.15) is 0 Å². The predicted octanol–water partition coefficient (Wildman–Crippen LogP) is 2.13. The number of rotatable bonds is 0. The molecule has 2 nitrogen and oxygen atoms in total. The van der Waals surface area contributed by atoms with E-state index in [9.17, 15) is 4.79 Å². The van der Waals surface area contributed by atoms with Crippen LogP contribution in [0.2, 0.25) is 0 Å². The molecule has 1 unspecified atom stereocenters. The van der Waals surface area contributed by atoms with Crippen molar-refractivity contribution in [3.05, 3.63) is 0 Å². The van der Waals surface area contributed by atoms with Gasteiger partial charge in [-0.25, -0.2) is 0 Å². The summed E-state index contributed by atoms with van der Waals surface area (Å²) in [6, 6.07) is 0.323. The summed E-state index contributed by atoms with van der Waals surface area (Å²) in [6.45, 7) is 10.7. The molecule has 76 valence electrons. The molecule has 1 aliphatic heterocycles. The Morgan fingerprint density at radius 1 is 1.38 bits per heavy atom. The number of ketones is 1. The molecule has 1 rings (SSSR count). The van der Waals surface area contributed by atoms with Gasteiger partial charge in [0.1, 0.15) is 5.78 Å². The summed E-state index contributed by atoms with van der Waals surface area (Å²) in [7, 11) is 0. The second-order valence-electron chi connectivity index (χ2n) is 5.87. The zero-order valence-corrected chi connectivity index (χ0v) is 9.40. The quantitative estimate of drug-likeness (QED) is 0.623. The molecule has 13 heavy (non-hydrogen) atoms. The van der Waals surface area contributed by atoms with Crippen molar-refractivity contribution >= 4 is 5.78 Å². The summed E-state index contributed by atoms with van der Waals surface area (Å²) < 4.78 is 0. The van der Waals surface area contributed by atoms with Crippen LogP contribution in [0.5, 0.6) is 0 Å². The fourth-order valence-electron chi connectivity index (χ4n) is 1.89. The predicted molar refractivity (Wildman–Crippen MR) is 54.7 cm³/mol. The van der Waals surface area contributed by atoms with E-state index in [0.29, 0.717) is 24.7 Å². The third-order valence-corrected chi connectivity index (χ3v) is 2.68. The Hall–Kier alpha value is -0.370. The highest BCUT2D eigenvalue weighted by molar-refractivity contribution is 5.81. The van der Waals surface area contributed by atoms with Gasteiger partial charge in [-0.1, -0.05) is 20.8 Å². The molecule has 1 N–H and O–H groups in total. The third kappa shape index (κ3) is 2.80. The molecule has 0 aromatic carbocycles.